The zero-order valence-electron chi connectivity index (χ0n) is 11.6. The van der Waals surface area contributed by atoms with Crippen LogP contribution in [0, 0.1) is 5.41 Å². The maximum atomic E-state index is 4.77. The normalized spacial score (nSPS) is 21.4. The molecule has 1 aliphatic heterocycles. The molecular weight excluding hydrogens is 252 g/mol. The van der Waals surface area contributed by atoms with Crippen LogP contribution < -0.4 is 5.32 Å². The van der Waals surface area contributed by atoms with Crippen molar-refractivity contribution in [1.82, 2.24) is 0 Å². The molecule has 0 radical (unpaired) electrons. The van der Waals surface area contributed by atoms with Gasteiger partial charge in [0.05, 0.1) is 0 Å². The Morgan fingerprint density at radius 3 is 2.53 bits per heavy atom. The first kappa shape index (κ1) is 13.0. The van der Waals surface area contributed by atoms with Crippen molar-refractivity contribution in [3.05, 3.63) is 29.8 Å². The molecule has 1 aromatic rings. The number of hydrogen-bond acceptors (Lipinski definition) is 3. The van der Waals surface area contributed by atoms with Crippen LogP contribution in [0.1, 0.15) is 38.2 Å². The molecule has 1 fully saturated rings. The van der Waals surface area contributed by atoms with E-state index in [9.17, 15) is 0 Å². The quantitative estimate of drug-likeness (QED) is 0.868. The van der Waals surface area contributed by atoms with Crippen LogP contribution in [0.4, 0.5) is 5.69 Å². The summed E-state index contributed by atoms with van der Waals surface area (Å²) in [6.45, 7) is 3.21. The van der Waals surface area contributed by atoms with Crippen LogP contribution in [0.3, 0.4) is 0 Å². The van der Waals surface area contributed by atoms with Crippen LogP contribution in [0.5, 0.6) is 0 Å². The second-order valence-electron chi connectivity index (χ2n) is 5.79. The summed E-state index contributed by atoms with van der Waals surface area (Å²) in [5.41, 5.74) is 3.07. The molecule has 1 saturated carbocycles. The lowest BCUT2D eigenvalue weighted by Gasteiger charge is -2.31. The molecule has 0 unspecified atom stereocenters. The minimum atomic E-state index is 0.530. The van der Waals surface area contributed by atoms with Gasteiger partial charge in [-0.3, -0.25) is 4.99 Å². The smallest absolute Gasteiger partial charge is 0.161 e. The topological polar surface area (TPSA) is 24.4 Å². The molecule has 2 nitrogen and oxygen atoms in total. The summed E-state index contributed by atoms with van der Waals surface area (Å²) in [7, 11) is 0. The highest BCUT2D eigenvalue weighted by atomic mass is 32.2. The van der Waals surface area contributed by atoms with Crippen molar-refractivity contribution in [2.45, 2.75) is 39.0 Å². The van der Waals surface area contributed by atoms with Crippen LogP contribution in [0.25, 0.3) is 0 Å². The van der Waals surface area contributed by atoms with Crippen molar-refractivity contribution in [1.29, 1.82) is 0 Å². The predicted molar refractivity (Wildman–Crippen MR) is 85.1 cm³/mol. The maximum absolute atomic E-state index is 4.77. The number of nitrogens with one attached hydrogen (secondary N) is 1. The van der Waals surface area contributed by atoms with Crippen molar-refractivity contribution >= 4 is 22.6 Å². The fourth-order valence-electron chi connectivity index (χ4n) is 3.00. The first-order chi connectivity index (χ1) is 9.30. The van der Waals surface area contributed by atoms with Crippen LogP contribution in [-0.2, 0) is 6.42 Å². The summed E-state index contributed by atoms with van der Waals surface area (Å²) in [6.07, 6.45) is 6.65. The average Bonchev–Trinajstić information content (AvgIpc) is 2.91. The molecule has 102 valence electrons. The number of anilines is 1. The van der Waals surface area contributed by atoms with Gasteiger partial charge in [-0.05, 0) is 42.4 Å². The Bertz CT molecular complexity index is 458. The van der Waals surface area contributed by atoms with Crippen molar-refractivity contribution in [2.24, 2.45) is 10.4 Å². The van der Waals surface area contributed by atoms with Crippen LogP contribution in [0.15, 0.2) is 29.3 Å². The Kier molecular flexibility index (Phi) is 3.83. The Morgan fingerprint density at radius 2 is 1.95 bits per heavy atom. The van der Waals surface area contributed by atoms with Crippen LogP contribution >= 0.6 is 11.8 Å². The average molecular weight is 274 g/mol. The monoisotopic (exact) mass is 274 g/mol. The molecule has 3 rings (SSSR count). The van der Waals surface area contributed by atoms with Gasteiger partial charge >= 0.3 is 0 Å². The number of nitrogens with zero attached hydrogens (tertiary/aromatic N) is 1. The fourth-order valence-corrected chi connectivity index (χ4v) is 4.17. The van der Waals surface area contributed by atoms with Crippen molar-refractivity contribution in [2.75, 3.05) is 17.6 Å². The molecule has 1 aromatic carbocycles. The number of hydrogen-bond donors (Lipinski definition) is 1. The summed E-state index contributed by atoms with van der Waals surface area (Å²) >= 11 is 1.90. The summed E-state index contributed by atoms with van der Waals surface area (Å²) in [6, 6.07) is 8.69. The van der Waals surface area contributed by atoms with Gasteiger partial charge in [0.2, 0.25) is 0 Å². The highest BCUT2D eigenvalue weighted by Crippen LogP contribution is 2.43. The molecule has 1 N–H and O–H groups in total. The van der Waals surface area contributed by atoms with E-state index >= 15 is 0 Å². The largest absolute Gasteiger partial charge is 0.335 e. The summed E-state index contributed by atoms with van der Waals surface area (Å²) in [5.74, 6) is 1.24. The number of aryl methyl sites for hydroxylation is 1. The summed E-state index contributed by atoms with van der Waals surface area (Å²) in [5, 5.41) is 4.55. The predicted octanol–water partition coefficient (Wildman–Crippen LogP) is 4.32. The minimum absolute atomic E-state index is 0.530. The van der Waals surface area contributed by atoms with Crippen molar-refractivity contribution in [3.63, 3.8) is 0 Å². The molecular formula is C16H22N2S. The number of amidine groups is 1. The van der Waals surface area contributed by atoms with E-state index in [4.69, 9.17) is 4.99 Å². The number of rotatable bonds is 2. The van der Waals surface area contributed by atoms with Gasteiger partial charge in [-0.25, -0.2) is 0 Å². The molecule has 1 heterocycles. The molecule has 1 aliphatic carbocycles. The Balaban J connectivity index is 1.62. The molecule has 3 heteroatoms. The third-order valence-corrected chi connectivity index (χ3v) is 5.61. The van der Waals surface area contributed by atoms with E-state index in [-0.39, 0.29) is 0 Å². The molecule has 0 aromatic heterocycles. The number of thioether (sulfide) groups is 1. The van der Waals surface area contributed by atoms with Gasteiger partial charge in [-0.1, -0.05) is 43.7 Å². The van der Waals surface area contributed by atoms with Gasteiger partial charge in [-0.15, -0.1) is 0 Å². The first-order valence-electron chi connectivity index (χ1n) is 7.33. The van der Waals surface area contributed by atoms with E-state index in [0.29, 0.717) is 5.41 Å². The van der Waals surface area contributed by atoms with E-state index in [1.807, 2.05) is 11.8 Å². The third-order valence-electron chi connectivity index (χ3n) is 4.35. The van der Waals surface area contributed by atoms with Gasteiger partial charge < -0.3 is 5.32 Å². The Hall–Kier alpha value is -0.960. The Labute approximate surface area is 120 Å². The molecule has 19 heavy (non-hydrogen) atoms. The third kappa shape index (κ3) is 2.97. The molecule has 0 amide bonds. The fraction of sp³-hybridized carbons (Fsp3) is 0.562. The van der Waals surface area contributed by atoms with Gasteiger partial charge in [0, 0.05) is 18.0 Å². The lowest BCUT2D eigenvalue weighted by molar-refractivity contribution is 0.359. The van der Waals surface area contributed by atoms with Crippen molar-refractivity contribution in [3.8, 4) is 0 Å². The summed E-state index contributed by atoms with van der Waals surface area (Å²) < 4.78 is 0. The molecule has 1 spiro atoms. The van der Waals surface area contributed by atoms with E-state index in [2.05, 4.69) is 36.5 Å². The highest BCUT2D eigenvalue weighted by Gasteiger charge is 2.36. The van der Waals surface area contributed by atoms with Gasteiger partial charge in [-0.2, -0.15) is 0 Å². The lowest BCUT2D eigenvalue weighted by Crippen LogP contribution is -2.30. The number of benzene rings is 1. The van der Waals surface area contributed by atoms with E-state index in [0.717, 1.165) is 23.8 Å². The van der Waals surface area contributed by atoms with Crippen LogP contribution in [-0.4, -0.2) is 17.5 Å². The van der Waals surface area contributed by atoms with Gasteiger partial charge in [0.15, 0.2) is 5.17 Å². The summed E-state index contributed by atoms with van der Waals surface area (Å²) in [4.78, 5) is 4.77. The number of aliphatic imine (C=N–C) groups is 1. The minimum Gasteiger partial charge on any atom is -0.335 e. The van der Waals surface area contributed by atoms with Crippen molar-refractivity contribution < 1.29 is 0 Å². The molecule has 0 saturated heterocycles. The Morgan fingerprint density at radius 1 is 1.21 bits per heavy atom. The van der Waals surface area contributed by atoms with E-state index in [1.54, 1.807) is 0 Å². The molecule has 2 aliphatic rings. The van der Waals surface area contributed by atoms with E-state index in [1.165, 1.54) is 37.0 Å². The highest BCUT2D eigenvalue weighted by molar-refractivity contribution is 8.14. The second kappa shape index (κ2) is 5.58. The van der Waals surface area contributed by atoms with E-state index < -0.39 is 0 Å². The molecule has 0 bridgehead atoms. The zero-order chi connectivity index (χ0) is 13.1. The zero-order valence-corrected chi connectivity index (χ0v) is 12.4. The second-order valence-corrected chi connectivity index (χ2v) is 6.76. The lowest BCUT2D eigenvalue weighted by atomic mass is 9.89. The first-order valence-corrected chi connectivity index (χ1v) is 8.31. The van der Waals surface area contributed by atoms with Crippen LogP contribution in [0.2, 0.25) is 0 Å². The van der Waals surface area contributed by atoms with Gasteiger partial charge in [0.1, 0.15) is 0 Å². The molecule has 0 atom stereocenters. The standard InChI is InChI=1S/C16H22N2S/c1-2-13-5-7-14(8-6-13)18-15-17-11-16(12-19-15)9-3-4-10-16/h5-8H,2-4,9-12H2,1H3,(H,17,18). The SMILES string of the molecule is CCc1ccc(NC2=NCC3(CCCC3)CS2)cc1. The van der Waals surface area contributed by atoms with Gasteiger partial charge in [0.25, 0.3) is 0 Å². The maximum Gasteiger partial charge on any atom is 0.161 e.